The van der Waals surface area contributed by atoms with Gasteiger partial charge >= 0.3 is 17.9 Å². The number of rotatable bonds is 17. The van der Waals surface area contributed by atoms with E-state index in [0.717, 1.165) is 60.8 Å². The summed E-state index contributed by atoms with van der Waals surface area (Å²) in [6.45, 7) is 6.27. The molecule has 3 aromatic carbocycles. The molecule has 0 radical (unpaired) electrons. The average Bonchev–Trinajstić information content (AvgIpc) is 3.03. The fraction of sp³-hybridized carbons (Fsp3) is 0.432. The number of hydrogen-bond donors (Lipinski definition) is 0. The first-order chi connectivity index (χ1) is 20.9. The van der Waals surface area contributed by atoms with Gasteiger partial charge in [0.15, 0.2) is 0 Å². The van der Waals surface area contributed by atoms with E-state index < -0.39 is 11.9 Å². The van der Waals surface area contributed by atoms with E-state index in [9.17, 15) is 14.4 Å². The highest BCUT2D eigenvalue weighted by molar-refractivity contribution is 5.95. The van der Waals surface area contributed by atoms with Crippen molar-refractivity contribution in [3.8, 4) is 22.3 Å². The minimum absolute atomic E-state index is 0.142. The van der Waals surface area contributed by atoms with Gasteiger partial charge in [-0.05, 0) is 72.7 Å². The van der Waals surface area contributed by atoms with E-state index in [0.29, 0.717) is 12.0 Å². The maximum absolute atomic E-state index is 12.8. The minimum atomic E-state index is -0.745. The van der Waals surface area contributed by atoms with Crippen LogP contribution in [0.5, 0.6) is 0 Å². The summed E-state index contributed by atoms with van der Waals surface area (Å²) in [5.41, 5.74) is 4.21. The van der Waals surface area contributed by atoms with Crippen molar-refractivity contribution >= 4 is 17.9 Å². The summed E-state index contributed by atoms with van der Waals surface area (Å²) in [4.78, 5) is 47.4. The standard InChI is InChI=1S/C37H46O6/c1-4-6-8-10-11-16-20-35(38)42-43-37(40)32-25-26-33(29-18-14-12-15-19-29)34(27-32)30-21-23-31(24-22-30)36(39)41-28(3)17-13-9-7-5-2/h12,14-15,18-19,21-28H,4-11,13,16-17,20H2,1-3H3. The van der Waals surface area contributed by atoms with Crippen molar-refractivity contribution in [1.82, 2.24) is 0 Å². The van der Waals surface area contributed by atoms with Crippen LogP contribution in [0.2, 0.25) is 0 Å². The van der Waals surface area contributed by atoms with Crippen molar-refractivity contribution in [2.75, 3.05) is 0 Å². The first-order valence-electron chi connectivity index (χ1n) is 15.9. The second-order valence-corrected chi connectivity index (χ2v) is 11.1. The summed E-state index contributed by atoms with van der Waals surface area (Å²) in [5.74, 6) is -1.65. The van der Waals surface area contributed by atoms with Crippen molar-refractivity contribution in [3.05, 3.63) is 83.9 Å². The average molecular weight is 587 g/mol. The Balaban J connectivity index is 1.69. The molecule has 230 valence electrons. The van der Waals surface area contributed by atoms with Crippen LogP contribution in [0.1, 0.15) is 119 Å². The van der Waals surface area contributed by atoms with E-state index in [2.05, 4.69) is 13.8 Å². The second-order valence-electron chi connectivity index (χ2n) is 11.1. The molecule has 0 aliphatic carbocycles. The number of ether oxygens (including phenoxy) is 1. The van der Waals surface area contributed by atoms with Crippen molar-refractivity contribution < 1.29 is 28.9 Å². The van der Waals surface area contributed by atoms with Crippen LogP contribution in [-0.4, -0.2) is 24.0 Å². The molecule has 0 bridgehead atoms. The highest BCUT2D eigenvalue weighted by atomic mass is 17.2. The molecule has 0 amide bonds. The van der Waals surface area contributed by atoms with Gasteiger partial charge in [-0.15, -0.1) is 0 Å². The van der Waals surface area contributed by atoms with Crippen LogP contribution >= 0.6 is 0 Å². The first-order valence-corrected chi connectivity index (χ1v) is 15.9. The van der Waals surface area contributed by atoms with Gasteiger partial charge in [0.1, 0.15) is 0 Å². The number of esters is 1. The molecule has 43 heavy (non-hydrogen) atoms. The Morgan fingerprint density at radius 2 is 1.21 bits per heavy atom. The number of benzene rings is 3. The van der Waals surface area contributed by atoms with Crippen LogP contribution in [0.3, 0.4) is 0 Å². The third-order valence-corrected chi connectivity index (χ3v) is 7.49. The molecule has 3 aromatic rings. The molecule has 0 fully saturated rings. The topological polar surface area (TPSA) is 78.9 Å². The molecule has 0 heterocycles. The zero-order valence-corrected chi connectivity index (χ0v) is 25.9. The van der Waals surface area contributed by atoms with Crippen LogP contribution in [0, 0.1) is 0 Å². The van der Waals surface area contributed by atoms with Gasteiger partial charge < -0.3 is 4.74 Å². The van der Waals surface area contributed by atoms with Gasteiger partial charge in [0.05, 0.1) is 23.7 Å². The number of hydrogen-bond acceptors (Lipinski definition) is 6. The molecule has 0 saturated carbocycles. The van der Waals surface area contributed by atoms with E-state index in [-0.39, 0.29) is 24.1 Å². The highest BCUT2D eigenvalue weighted by Crippen LogP contribution is 2.33. The van der Waals surface area contributed by atoms with Gasteiger partial charge in [0.2, 0.25) is 0 Å². The van der Waals surface area contributed by atoms with Gasteiger partial charge in [-0.25, -0.2) is 24.2 Å². The first kappa shape index (κ1) is 33.6. The van der Waals surface area contributed by atoms with E-state index in [4.69, 9.17) is 14.5 Å². The SMILES string of the molecule is CCCCCCCCC(=O)OOC(=O)c1ccc(-c2ccccc2)c(-c2ccc(C(=O)OC(C)CCCCCC)cc2)c1. The normalized spacial score (nSPS) is 11.5. The van der Waals surface area contributed by atoms with Crippen molar-refractivity contribution in [2.24, 2.45) is 0 Å². The number of carbonyl (C=O) groups excluding carboxylic acids is 3. The molecular formula is C37H46O6. The number of carbonyl (C=O) groups is 3. The maximum Gasteiger partial charge on any atom is 0.386 e. The van der Waals surface area contributed by atoms with E-state index in [1.807, 2.05) is 55.5 Å². The Morgan fingerprint density at radius 1 is 0.605 bits per heavy atom. The molecule has 0 saturated heterocycles. The van der Waals surface area contributed by atoms with Crippen LogP contribution in [0.15, 0.2) is 72.8 Å². The van der Waals surface area contributed by atoms with Gasteiger partial charge in [0, 0.05) is 0 Å². The van der Waals surface area contributed by atoms with E-state index in [1.54, 1.807) is 24.3 Å². The minimum Gasteiger partial charge on any atom is -0.459 e. The summed E-state index contributed by atoms with van der Waals surface area (Å²) in [7, 11) is 0. The fourth-order valence-electron chi connectivity index (χ4n) is 4.96. The molecule has 3 rings (SSSR count). The molecule has 0 aliphatic rings. The Labute approximate surface area is 256 Å². The molecule has 0 aliphatic heterocycles. The summed E-state index contributed by atoms with van der Waals surface area (Å²) in [6.07, 6.45) is 11.7. The lowest BCUT2D eigenvalue weighted by molar-refractivity contribution is -0.234. The second kappa shape index (κ2) is 18.6. The smallest absolute Gasteiger partial charge is 0.386 e. The molecule has 0 aromatic heterocycles. The Kier molecular flexibility index (Phi) is 14.5. The molecule has 1 unspecified atom stereocenters. The zero-order valence-electron chi connectivity index (χ0n) is 25.9. The van der Waals surface area contributed by atoms with Crippen LogP contribution in [-0.2, 0) is 19.3 Å². The summed E-state index contributed by atoms with van der Waals surface area (Å²) < 4.78 is 5.66. The molecular weight excluding hydrogens is 540 g/mol. The van der Waals surface area contributed by atoms with Gasteiger partial charge in [-0.1, -0.05) is 114 Å². The predicted octanol–water partition coefficient (Wildman–Crippen LogP) is 9.90. The Bertz CT molecular complexity index is 1280. The van der Waals surface area contributed by atoms with Gasteiger partial charge in [-0.2, -0.15) is 0 Å². The lowest BCUT2D eigenvalue weighted by atomic mass is 9.92. The van der Waals surface area contributed by atoms with Crippen molar-refractivity contribution in [1.29, 1.82) is 0 Å². The third-order valence-electron chi connectivity index (χ3n) is 7.49. The number of unbranched alkanes of at least 4 members (excludes halogenated alkanes) is 8. The molecule has 0 spiro atoms. The summed E-state index contributed by atoms with van der Waals surface area (Å²) in [5, 5.41) is 0. The predicted molar refractivity (Wildman–Crippen MR) is 170 cm³/mol. The third kappa shape index (κ3) is 11.3. The van der Waals surface area contributed by atoms with E-state index in [1.165, 1.54) is 25.7 Å². The molecule has 1 atom stereocenters. The van der Waals surface area contributed by atoms with Crippen LogP contribution in [0.25, 0.3) is 22.3 Å². The molecule has 0 N–H and O–H groups in total. The maximum atomic E-state index is 12.8. The largest absolute Gasteiger partial charge is 0.459 e. The zero-order chi connectivity index (χ0) is 30.9. The van der Waals surface area contributed by atoms with Crippen molar-refractivity contribution in [3.63, 3.8) is 0 Å². The fourth-order valence-corrected chi connectivity index (χ4v) is 4.96. The quantitative estimate of drug-likeness (QED) is 0.0678. The summed E-state index contributed by atoms with van der Waals surface area (Å²) >= 11 is 0. The van der Waals surface area contributed by atoms with Crippen molar-refractivity contribution in [2.45, 2.75) is 104 Å². The summed E-state index contributed by atoms with van der Waals surface area (Å²) in [6, 6.07) is 22.2. The lowest BCUT2D eigenvalue weighted by Crippen LogP contribution is -2.15. The molecule has 6 nitrogen and oxygen atoms in total. The van der Waals surface area contributed by atoms with E-state index >= 15 is 0 Å². The monoisotopic (exact) mass is 586 g/mol. The van der Waals surface area contributed by atoms with Crippen LogP contribution < -0.4 is 0 Å². The molecule has 6 heteroatoms. The van der Waals surface area contributed by atoms with Gasteiger partial charge in [-0.3, -0.25) is 0 Å². The Morgan fingerprint density at radius 3 is 1.91 bits per heavy atom. The van der Waals surface area contributed by atoms with Crippen LogP contribution in [0.4, 0.5) is 0 Å². The van der Waals surface area contributed by atoms with Gasteiger partial charge in [0.25, 0.3) is 0 Å². The lowest BCUT2D eigenvalue weighted by Gasteiger charge is -2.14. The Hall–Kier alpha value is -3.93. The highest BCUT2D eigenvalue weighted by Gasteiger charge is 2.18.